The molecule has 0 aliphatic heterocycles. The van der Waals surface area contributed by atoms with E-state index in [1.165, 1.54) is 25.7 Å². The van der Waals surface area contributed by atoms with Gasteiger partial charge in [0.2, 0.25) is 0 Å². The third-order valence-electron chi connectivity index (χ3n) is 3.62. The van der Waals surface area contributed by atoms with Gasteiger partial charge in [0.05, 0.1) is 5.69 Å². The van der Waals surface area contributed by atoms with Gasteiger partial charge in [-0.25, -0.2) is 4.98 Å². The molecule has 1 saturated carbocycles. The van der Waals surface area contributed by atoms with Crippen LogP contribution >= 0.6 is 0 Å². The third-order valence-corrected chi connectivity index (χ3v) is 3.62. The van der Waals surface area contributed by atoms with Gasteiger partial charge in [0.25, 0.3) is 0 Å². The van der Waals surface area contributed by atoms with Crippen LogP contribution in [0.2, 0.25) is 0 Å². The zero-order valence-corrected chi connectivity index (χ0v) is 11.6. The number of aromatic nitrogens is 1. The van der Waals surface area contributed by atoms with Crippen molar-refractivity contribution in [1.29, 1.82) is 0 Å². The Hall–Kier alpha value is -1.09. The predicted molar refractivity (Wildman–Crippen MR) is 76.6 cm³/mol. The van der Waals surface area contributed by atoms with E-state index in [1.807, 2.05) is 6.07 Å². The number of nitrogens with zero attached hydrogens (tertiary/aromatic N) is 2. The van der Waals surface area contributed by atoms with Gasteiger partial charge in [0.1, 0.15) is 5.82 Å². The maximum atomic E-state index is 5.69. The zero-order chi connectivity index (χ0) is 13.0. The van der Waals surface area contributed by atoms with Crippen molar-refractivity contribution in [1.82, 2.24) is 4.98 Å². The maximum Gasteiger partial charge on any atom is 0.129 e. The van der Waals surface area contributed by atoms with E-state index in [4.69, 9.17) is 10.7 Å². The van der Waals surface area contributed by atoms with Gasteiger partial charge in [-0.05, 0) is 30.9 Å². The van der Waals surface area contributed by atoms with E-state index in [9.17, 15) is 0 Å². The smallest absolute Gasteiger partial charge is 0.129 e. The molecule has 1 heterocycles. The Labute approximate surface area is 110 Å². The largest absolute Gasteiger partial charge is 0.353 e. The molecule has 3 heteroatoms. The summed E-state index contributed by atoms with van der Waals surface area (Å²) in [7, 11) is 0. The number of anilines is 1. The van der Waals surface area contributed by atoms with E-state index in [-0.39, 0.29) is 0 Å². The molecular formula is C15H25N3. The van der Waals surface area contributed by atoms with Crippen molar-refractivity contribution in [2.24, 2.45) is 11.7 Å². The molecule has 3 nitrogen and oxygen atoms in total. The van der Waals surface area contributed by atoms with Crippen molar-refractivity contribution in [2.75, 3.05) is 11.4 Å². The van der Waals surface area contributed by atoms with Crippen LogP contribution in [-0.4, -0.2) is 17.6 Å². The van der Waals surface area contributed by atoms with Crippen LogP contribution in [-0.2, 0) is 6.54 Å². The minimum absolute atomic E-state index is 0.522. The number of nitrogens with two attached hydrogens (primary N) is 1. The summed E-state index contributed by atoms with van der Waals surface area (Å²) in [5, 5.41) is 0. The fourth-order valence-corrected chi connectivity index (χ4v) is 2.78. The summed E-state index contributed by atoms with van der Waals surface area (Å²) in [5.74, 6) is 1.77. The Morgan fingerprint density at radius 1 is 1.33 bits per heavy atom. The summed E-state index contributed by atoms with van der Waals surface area (Å²) >= 11 is 0. The van der Waals surface area contributed by atoms with Gasteiger partial charge in [0.15, 0.2) is 0 Å². The lowest BCUT2D eigenvalue weighted by Gasteiger charge is -2.32. The number of hydrogen-bond donors (Lipinski definition) is 1. The van der Waals surface area contributed by atoms with Crippen LogP contribution in [0.4, 0.5) is 5.82 Å². The predicted octanol–water partition coefficient (Wildman–Crippen LogP) is 2.95. The second-order valence-electron chi connectivity index (χ2n) is 5.68. The second kappa shape index (κ2) is 6.19. The van der Waals surface area contributed by atoms with E-state index in [0.717, 1.165) is 18.1 Å². The first-order valence-electron chi connectivity index (χ1n) is 7.13. The molecule has 1 aliphatic carbocycles. The van der Waals surface area contributed by atoms with Crippen LogP contribution in [0.3, 0.4) is 0 Å². The van der Waals surface area contributed by atoms with Crippen molar-refractivity contribution in [3.63, 3.8) is 0 Å². The minimum Gasteiger partial charge on any atom is -0.353 e. The van der Waals surface area contributed by atoms with Crippen LogP contribution in [0, 0.1) is 5.92 Å². The number of pyridine rings is 1. The molecule has 1 fully saturated rings. The Morgan fingerprint density at radius 3 is 2.67 bits per heavy atom. The van der Waals surface area contributed by atoms with Crippen molar-refractivity contribution < 1.29 is 0 Å². The van der Waals surface area contributed by atoms with Gasteiger partial charge >= 0.3 is 0 Å². The molecule has 0 atom stereocenters. The molecule has 2 N–H and O–H groups in total. The molecule has 0 aromatic carbocycles. The highest BCUT2D eigenvalue weighted by molar-refractivity contribution is 5.41. The molecule has 0 amide bonds. The second-order valence-corrected chi connectivity index (χ2v) is 5.68. The zero-order valence-electron chi connectivity index (χ0n) is 11.6. The van der Waals surface area contributed by atoms with E-state index in [0.29, 0.717) is 18.5 Å². The summed E-state index contributed by atoms with van der Waals surface area (Å²) in [5.41, 5.74) is 6.68. The van der Waals surface area contributed by atoms with E-state index < -0.39 is 0 Å². The molecule has 0 bridgehead atoms. The van der Waals surface area contributed by atoms with Crippen LogP contribution < -0.4 is 10.6 Å². The molecule has 1 aromatic rings. The Kier molecular flexibility index (Phi) is 4.59. The average molecular weight is 247 g/mol. The van der Waals surface area contributed by atoms with Crippen molar-refractivity contribution in [3.8, 4) is 0 Å². The van der Waals surface area contributed by atoms with Gasteiger partial charge in [-0.2, -0.15) is 0 Å². The number of rotatable bonds is 5. The van der Waals surface area contributed by atoms with E-state index in [1.54, 1.807) is 0 Å². The van der Waals surface area contributed by atoms with Gasteiger partial charge in [-0.3, -0.25) is 0 Å². The quantitative estimate of drug-likeness (QED) is 0.870. The molecule has 0 unspecified atom stereocenters. The lowest BCUT2D eigenvalue weighted by Crippen LogP contribution is -2.37. The third kappa shape index (κ3) is 3.22. The lowest BCUT2D eigenvalue weighted by molar-refractivity contribution is 0.530. The van der Waals surface area contributed by atoms with Crippen molar-refractivity contribution in [2.45, 2.75) is 52.1 Å². The highest BCUT2D eigenvalue weighted by Crippen LogP contribution is 2.28. The number of hydrogen-bond acceptors (Lipinski definition) is 3. The molecule has 0 radical (unpaired) electrons. The Morgan fingerprint density at radius 2 is 2.06 bits per heavy atom. The Balaban J connectivity index is 2.20. The first kappa shape index (κ1) is 13.3. The Bertz CT molecular complexity index is 370. The molecular weight excluding hydrogens is 222 g/mol. The normalized spacial score (nSPS) is 16.4. The van der Waals surface area contributed by atoms with Crippen molar-refractivity contribution >= 4 is 5.82 Å². The molecule has 100 valence electrons. The average Bonchev–Trinajstić information content (AvgIpc) is 2.89. The highest BCUT2D eigenvalue weighted by atomic mass is 15.2. The van der Waals surface area contributed by atoms with E-state index in [2.05, 4.69) is 30.9 Å². The molecule has 0 spiro atoms. The van der Waals surface area contributed by atoms with Crippen LogP contribution in [0.15, 0.2) is 18.2 Å². The monoisotopic (exact) mass is 247 g/mol. The summed E-state index contributed by atoms with van der Waals surface area (Å²) < 4.78 is 0. The first-order valence-corrected chi connectivity index (χ1v) is 7.13. The van der Waals surface area contributed by atoms with Gasteiger partial charge < -0.3 is 10.6 Å². The molecule has 1 aromatic heterocycles. The van der Waals surface area contributed by atoms with E-state index >= 15 is 0 Å². The van der Waals surface area contributed by atoms with Crippen LogP contribution in [0.1, 0.15) is 45.2 Å². The van der Waals surface area contributed by atoms with Crippen LogP contribution in [0.5, 0.6) is 0 Å². The topological polar surface area (TPSA) is 42.1 Å². The highest BCUT2D eigenvalue weighted by Gasteiger charge is 2.24. The SMILES string of the molecule is CC(C)CN(c1cccc(CN)n1)C1CCCC1. The summed E-state index contributed by atoms with van der Waals surface area (Å²) in [6, 6.07) is 6.88. The minimum atomic E-state index is 0.522. The molecule has 18 heavy (non-hydrogen) atoms. The molecule has 2 rings (SSSR count). The lowest BCUT2D eigenvalue weighted by atomic mass is 10.1. The fraction of sp³-hybridized carbons (Fsp3) is 0.667. The van der Waals surface area contributed by atoms with Crippen molar-refractivity contribution in [3.05, 3.63) is 23.9 Å². The first-order chi connectivity index (χ1) is 8.70. The van der Waals surface area contributed by atoms with Crippen LogP contribution in [0.25, 0.3) is 0 Å². The molecule has 1 aliphatic rings. The maximum absolute atomic E-state index is 5.69. The molecule has 0 saturated heterocycles. The standard InChI is InChI=1S/C15H25N3/c1-12(2)11-18(14-7-3-4-8-14)15-9-5-6-13(10-16)17-15/h5-6,9,12,14H,3-4,7-8,10-11,16H2,1-2H3. The van der Waals surface area contributed by atoms with Gasteiger partial charge in [-0.15, -0.1) is 0 Å². The summed E-state index contributed by atoms with van der Waals surface area (Å²) in [6.45, 7) is 6.16. The fourth-order valence-electron chi connectivity index (χ4n) is 2.78. The van der Waals surface area contributed by atoms with Gasteiger partial charge in [-0.1, -0.05) is 32.8 Å². The summed E-state index contributed by atoms with van der Waals surface area (Å²) in [4.78, 5) is 7.19. The van der Waals surface area contributed by atoms with Gasteiger partial charge in [0, 0.05) is 19.1 Å². The summed E-state index contributed by atoms with van der Waals surface area (Å²) in [6.07, 6.45) is 5.33.